The quantitative estimate of drug-likeness (QED) is 0.776. The molecule has 3 rings (SSSR count). The average molecular weight is 322 g/mol. The van der Waals surface area contributed by atoms with E-state index in [1.807, 2.05) is 22.7 Å². The van der Waals surface area contributed by atoms with Crippen molar-refractivity contribution in [3.63, 3.8) is 0 Å². The van der Waals surface area contributed by atoms with Crippen LogP contribution in [0, 0.1) is 0 Å². The summed E-state index contributed by atoms with van der Waals surface area (Å²) in [6, 6.07) is 8.15. The van der Waals surface area contributed by atoms with Gasteiger partial charge in [0.25, 0.3) is 0 Å². The van der Waals surface area contributed by atoms with Crippen molar-refractivity contribution in [1.82, 2.24) is 9.38 Å². The van der Waals surface area contributed by atoms with Gasteiger partial charge in [0.05, 0.1) is 9.35 Å². The molecule has 5 heteroatoms. The minimum atomic E-state index is 0.691. The largest absolute Gasteiger partial charge is 0.383 e. The first-order chi connectivity index (χ1) is 8.70. The zero-order valence-corrected chi connectivity index (χ0v) is 12.3. The van der Waals surface area contributed by atoms with E-state index >= 15 is 0 Å². The van der Waals surface area contributed by atoms with Crippen LogP contribution in [-0.2, 0) is 6.42 Å². The van der Waals surface area contributed by atoms with E-state index in [0.717, 1.165) is 27.1 Å². The fraction of sp³-hybridized carbons (Fsp3) is 0.154. The standard InChI is InChI=1S/C13H12BrN3S/c1-2-8-5-6-10(18-8)11-12(15)17-7-3-4-9(14)13(17)16-11/h3-7H,2,15H2,1H3. The fourth-order valence-corrected chi connectivity index (χ4v) is 3.31. The van der Waals surface area contributed by atoms with Gasteiger partial charge in [0.15, 0.2) is 5.65 Å². The second-order valence-corrected chi connectivity index (χ2v) is 6.04. The van der Waals surface area contributed by atoms with E-state index in [4.69, 9.17) is 5.73 Å². The molecule has 3 aromatic heterocycles. The van der Waals surface area contributed by atoms with Crippen LogP contribution in [0.15, 0.2) is 34.9 Å². The number of hydrogen-bond acceptors (Lipinski definition) is 3. The Morgan fingerprint density at radius 3 is 2.89 bits per heavy atom. The van der Waals surface area contributed by atoms with Gasteiger partial charge in [0.2, 0.25) is 0 Å². The number of anilines is 1. The molecule has 3 heterocycles. The van der Waals surface area contributed by atoms with Crippen molar-refractivity contribution >= 4 is 38.7 Å². The molecule has 0 saturated carbocycles. The summed E-state index contributed by atoms with van der Waals surface area (Å²) in [4.78, 5) is 7.10. The zero-order chi connectivity index (χ0) is 12.7. The van der Waals surface area contributed by atoms with E-state index < -0.39 is 0 Å². The summed E-state index contributed by atoms with van der Waals surface area (Å²) >= 11 is 5.25. The van der Waals surface area contributed by atoms with Crippen molar-refractivity contribution in [2.75, 3.05) is 5.73 Å². The number of hydrogen-bond donors (Lipinski definition) is 1. The molecule has 18 heavy (non-hydrogen) atoms. The summed E-state index contributed by atoms with van der Waals surface area (Å²) < 4.78 is 2.86. The minimum absolute atomic E-state index is 0.691. The second-order valence-electron chi connectivity index (χ2n) is 4.01. The maximum atomic E-state index is 6.18. The molecule has 0 amide bonds. The Balaban J connectivity index is 2.23. The van der Waals surface area contributed by atoms with Gasteiger partial charge in [-0.3, -0.25) is 4.40 Å². The van der Waals surface area contributed by atoms with Gasteiger partial charge in [-0.15, -0.1) is 11.3 Å². The zero-order valence-electron chi connectivity index (χ0n) is 9.85. The number of nitrogens with two attached hydrogens (primary N) is 1. The molecule has 2 N–H and O–H groups in total. The van der Waals surface area contributed by atoms with Crippen molar-refractivity contribution in [2.45, 2.75) is 13.3 Å². The number of nitrogens with zero attached hydrogens (tertiary/aromatic N) is 2. The summed E-state index contributed by atoms with van der Waals surface area (Å²) in [5.41, 5.74) is 7.90. The predicted octanol–water partition coefficient (Wildman–Crippen LogP) is 3.97. The van der Waals surface area contributed by atoms with Crippen molar-refractivity contribution in [2.24, 2.45) is 0 Å². The molecule has 0 aliphatic rings. The van der Waals surface area contributed by atoms with Crippen LogP contribution >= 0.6 is 27.3 Å². The molecule has 3 aromatic rings. The molecule has 0 aliphatic carbocycles. The fourth-order valence-electron chi connectivity index (χ4n) is 1.93. The van der Waals surface area contributed by atoms with Gasteiger partial charge in [0.1, 0.15) is 11.5 Å². The number of imidazole rings is 1. The van der Waals surface area contributed by atoms with Crippen LogP contribution in [-0.4, -0.2) is 9.38 Å². The Morgan fingerprint density at radius 2 is 2.22 bits per heavy atom. The number of rotatable bonds is 2. The highest BCUT2D eigenvalue weighted by Crippen LogP contribution is 2.33. The van der Waals surface area contributed by atoms with E-state index in [1.165, 1.54) is 4.88 Å². The maximum Gasteiger partial charge on any atom is 0.153 e. The Hall–Kier alpha value is -1.33. The maximum absolute atomic E-state index is 6.18. The minimum Gasteiger partial charge on any atom is -0.383 e. The molecule has 0 fully saturated rings. The van der Waals surface area contributed by atoms with Crippen molar-refractivity contribution in [3.05, 3.63) is 39.8 Å². The summed E-state index contributed by atoms with van der Waals surface area (Å²) in [6.45, 7) is 2.15. The van der Waals surface area contributed by atoms with Gasteiger partial charge in [-0.1, -0.05) is 6.92 Å². The van der Waals surface area contributed by atoms with Crippen LogP contribution in [0.5, 0.6) is 0 Å². The lowest BCUT2D eigenvalue weighted by Gasteiger charge is -1.97. The normalized spacial score (nSPS) is 11.2. The summed E-state index contributed by atoms with van der Waals surface area (Å²) in [6.07, 6.45) is 2.97. The summed E-state index contributed by atoms with van der Waals surface area (Å²) in [5, 5.41) is 0. The first kappa shape index (κ1) is 11.7. The van der Waals surface area contributed by atoms with Gasteiger partial charge >= 0.3 is 0 Å². The molecule has 0 spiro atoms. The lowest BCUT2D eigenvalue weighted by atomic mass is 10.3. The molecular formula is C13H12BrN3S. The third kappa shape index (κ3) is 1.74. The van der Waals surface area contributed by atoms with E-state index in [9.17, 15) is 0 Å². The summed E-state index contributed by atoms with van der Waals surface area (Å²) in [5.74, 6) is 0.691. The lowest BCUT2D eigenvalue weighted by Crippen LogP contribution is -1.93. The molecule has 92 valence electrons. The van der Waals surface area contributed by atoms with Crippen LogP contribution in [0.3, 0.4) is 0 Å². The molecular weight excluding hydrogens is 310 g/mol. The Kier molecular flexibility index (Phi) is 2.87. The number of aromatic nitrogens is 2. The van der Waals surface area contributed by atoms with E-state index in [0.29, 0.717) is 5.82 Å². The number of aryl methyl sites for hydroxylation is 1. The Labute approximate surface area is 117 Å². The van der Waals surface area contributed by atoms with Gasteiger partial charge in [0, 0.05) is 11.1 Å². The molecule has 0 unspecified atom stereocenters. The van der Waals surface area contributed by atoms with Crippen molar-refractivity contribution in [1.29, 1.82) is 0 Å². The van der Waals surface area contributed by atoms with E-state index in [1.54, 1.807) is 11.3 Å². The molecule has 0 aromatic carbocycles. The topological polar surface area (TPSA) is 43.3 Å². The molecule has 0 radical (unpaired) electrons. The number of fused-ring (bicyclic) bond motifs is 1. The third-order valence-corrected chi connectivity index (χ3v) is 4.74. The third-order valence-electron chi connectivity index (χ3n) is 2.88. The highest BCUT2D eigenvalue weighted by Gasteiger charge is 2.14. The van der Waals surface area contributed by atoms with E-state index in [2.05, 4.69) is 40.0 Å². The lowest BCUT2D eigenvalue weighted by molar-refractivity contribution is 1.19. The predicted molar refractivity (Wildman–Crippen MR) is 80.0 cm³/mol. The molecule has 3 nitrogen and oxygen atoms in total. The van der Waals surface area contributed by atoms with Crippen LogP contribution in [0.25, 0.3) is 16.2 Å². The molecule has 0 aliphatic heterocycles. The van der Waals surface area contributed by atoms with Crippen molar-refractivity contribution < 1.29 is 0 Å². The van der Waals surface area contributed by atoms with Gasteiger partial charge in [-0.25, -0.2) is 4.98 Å². The Morgan fingerprint density at radius 1 is 1.39 bits per heavy atom. The molecule has 0 saturated heterocycles. The number of nitrogen functional groups attached to an aromatic ring is 1. The monoisotopic (exact) mass is 321 g/mol. The number of thiophene rings is 1. The summed E-state index contributed by atoms with van der Waals surface area (Å²) in [7, 11) is 0. The highest BCUT2D eigenvalue weighted by atomic mass is 79.9. The van der Waals surface area contributed by atoms with E-state index in [-0.39, 0.29) is 0 Å². The Bertz CT molecular complexity index is 714. The number of pyridine rings is 1. The second kappa shape index (κ2) is 4.40. The average Bonchev–Trinajstić information content (AvgIpc) is 2.96. The van der Waals surface area contributed by atoms with Crippen LogP contribution in [0.4, 0.5) is 5.82 Å². The SMILES string of the molecule is CCc1ccc(-c2nc3c(Br)cccn3c2N)s1. The first-order valence-electron chi connectivity index (χ1n) is 5.72. The van der Waals surface area contributed by atoms with Crippen LogP contribution in [0.2, 0.25) is 0 Å². The smallest absolute Gasteiger partial charge is 0.153 e. The molecule has 0 bridgehead atoms. The van der Waals surface area contributed by atoms with Crippen molar-refractivity contribution in [3.8, 4) is 10.6 Å². The van der Waals surface area contributed by atoms with Crippen LogP contribution < -0.4 is 5.73 Å². The van der Waals surface area contributed by atoms with Crippen LogP contribution in [0.1, 0.15) is 11.8 Å². The first-order valence-corrected chi connectivity index (χ1v) is 7.32. The van der Waals surface area contributed by atoms with Gasteiger partial charge < -0.3 is 5.73 Å². The molecule has 0 atom stereocenters. The highest BCUT2D eigenvalue weighted by molar-refractivity contribution is 9.10. The van der Waals surface area contributed by atoms with Gasteiger partial charge in [-0.05, 0) is 46.6 Å². The number of halogens is 1. The van der Waals surface area contributed by atoms with Gasteiger partial charge in [-0.2, -0.15) is 0 Å².